The quantitative estimate of drug-likeness (QED) is 0.552. The number of unbranched alkanes of at least 4 members (excludes halogenated alkanes) is 3. The smallest absolute Gasteiger partial charge is 0.408 e. The van der Waals surface area contributed by atoms with Crippen molar-refractivity contribution >= 4 is 12.4 Å². The van der Waals surface area contributed by atoms with Gasteiger partial charge in [0.25, 0.3) is 0 Å². The van der Waals surface area contributed by atoms with E-state index in [2.05, 4.69) is 12.2 Å². The Bertz CT molecular complexity index is 233. The van der Waals surface area contributed by atoms with Gasteiger partial charge in [0.1, 0.15) is 11.9 Å². The summed E-state index contributed by atoms with van der Waals surface area (Å²) in [7, 11) is 0. The molecule has 0 saturated heterocycles. The summed E-state index contributed by atoms with van der Waals surface area (Å²) in [5.74, 6) is 0. The fourth-order valence-corrected chi connectivity index (χ4v) is 1.42. The lowest BCUT2D eigenvalue weighted by molar-refractivity contribution is -0.109. The highest BCUT2D eigenvalue weighted by Crippen LogP contribution is 2.08. The third-order valence-corrected chi connectivity index (χ3v) is 2.24. The zero-order valence-electron chi connectivity index (χ0n) is 11.4. The van der Waals surface area contributed by atoms with Crippen molar-refractivity contribution in [2.45, 2.75) is 71.4 Å². The summed E-state index contributed by atoms with van der Waals surface area (Å²) in [4.78, 5) is 22.2. The molecule has 1 amide bonds. The first-order valence-electron chi connectivity index (χ1n) is 6.34. The minimum absolute atomic E-state index is 0.429. The maximum Gasteiger partial charge on any atom is 0.408 e. The van der Waals surface area contributed by atoms with Crippen molar-refractivity contribution in [3.63, 3.8) is 0 Å². The van der Waals surface area contributed by atoms with Crippen molar-refractivity contribution in [2.75, 3.05) is 0 Å². The molecule has 0 heterocycles. The van der Waals surface area contributed by atoms with Crippen LogP contribution in [0, 0.1) is 0 Å². The number of rotatable bonds is 7. The van der Waals surface area contributed by atoms with Crippen LogP contribution in [0.4, 0.5) is 4.79 Å². The maximum atomic E-state index is 11.4. The molecular formula is C13H25NO3. The van der Waals surface area contributed by atoms with Gasteiger partial charge in [0, 0.05) is 0 Å². The van der Waals surface area contributed by atoms with Gasteiger partial charge in [-0.2, -0.15) is 0 Å². The minimum atomic E-state index is -0.528. The molecule has 0 aliphatic heterocycles. The topological polar surface area (TPSA) is 55.4 Å². The highest BCUT2D eigenvalue weighted by molar-refractivity contribution is 5.73. The van der Waals surface area contributed by atoms with Crippen molar-refractivity contribution in [1.82, 2.24) is 5.32 Å². The summed E-state index contributed by atoms with van der Waals surface area (Å²) in [6, 6.07) is -0.429. The Labute approximate surface area is 104 Å². The molecular weight excluding hydrogens is 218 g/mol. The number of carbonyl (C=O) groups is 2. The van der Waals surface area contributed by atoms with Crippen molar-refractivity contribution in [3.8, 4) is 0 Å². The fourth-order valence-electron chi connectivity index (χ4n) is 1.42. The lowest BCUT2D eigenvalue weighted by atomic mass is 10.1. The van der Waals surface area contributed by atoms with Gasteiger partial charge < -0.3 is 14.8 Å². The molecule has 0 aromatic carbocycles. The Balaban J connectivity index is 3.88. The van der Waals surface area contributed by atoms with E-state index in [1.165, 1.54) is 0 Å². The molecule has 100 valence electrons. The Hall–Kier alpha value is -1.06. The molecule has 4 nitrogen and oxygen atoms in total. The molecule has 1 unspecified atom stereocenters. The van der Waals surface area contributed by atoms with Crippen LogP contribution in [-0.4, -0.2) is 24.0 Å². The van der Waals surface area contributed by atoms with Gasteiger partial charge in [0.15, 0.2) is 0 Å². The summed E-state index contributed by atoms with van der Waals surface area (Å²) >= 11 is 0. The van der Waals surface area contributed by atoms with Crippen molar-refractivity contribution in [3.05, 3.63) is 0 Å². The molecule has 0 bridgehead atoms. The van der Waals surface area contributed by atoms with Crippen LogP contribution in [0.25, 0.3) is 0 Å². The van der Waals surface area contributed by atoms with Gasteiger partial charge in [0.05, 0.1) is 6.04 Å². The molecule has 0 radical (unpaired) electrons. The molecule has 0 rings (SSSR count). The van der Waals surface area contributed by atoms with Crippen molar-refractivity contribution in [1.29, 1.82) is 0 Å². The molecule has 0 saturated carbocycles. The lowest BCUT2D eigenvalue weighted by Gasteiger charge is -2.21. The zero-order chi connectivity index (χ0) is 13.3. The van der Waals surface area contributed by atoms with E-state index in [9.17, 15) is 9.59 Å². The van der Waals surface area contributed by atoms with E-state index in [1.54, 1.807) is 20.8 Å². The highest BCUT2D eigenvalue weighted by Gasteiger charge is 2.18. The van der Waals surface area contributed by atoms with E-state index in [0.29, 0.717) is 6.42 Å². The lowest BCUT2D eigenvalue weighted by Crippen LogP contribution is -2.39. The Kier molecular flexibility index (Phi) is 7.59. The number of ether oxygens (including phenoxy) is 1. The zero-order valence-corrected chi connectivity index (χ0v) is 11.4. The van der Waals surface area contributed by atoms with E-state index in [4.69, 9.17) is 4.74 Å². The molecule has 4 heteroatoms. The van der Waals surface area contributed by atoms with Crippen molar-refractivity contribution < 1.29 is 14.3 Å². The number of aldehydes is 1. The average Bonchev–Trinajstić information content (AvgIpc) is 2.20. The number of hydrogen-bond acceptors (Lipinski definition) is 3. The summed E-state index contributed by atoms with van der Waals surface area (Å²) < 4.78 is 5.09. The molecule has 0 spiro atoms. The minimum Gasteiger partial charge on any atom is -0.444 e. The normalized spacial score (nSPS) is 12.9. The van der Waals surface area contributed by atoms with Crippen LogP contribution >= 0.6 is 0 Å². The largest absolute Gasteiger partial charge is 0.444 e. The predicted octanol–water partition coefficient (Wildman–Crippen LogP) is 3.05. The Morgan fingerprint density at radius 3 is 2.41 bits per heavy atom. The van der Waals surface area contributed by atoms with Gasteiger partial charge in [-0.25, -0.2) is 4.79 Å². The highest BCUT2D eigenvalue weighted by atomic mass is 16.6. The number of amides is 1. The number of alkyl carbamates (subject to hydrolysis) is 1. The van der Waals surface area contributed by atoms with E-state index in [0.717, 1.165) is 32.0 Å². The van der Waals surface area contributed by atoms with Crippen LogP contribution in [0.1, 0.15) is 59.8 Å². The van der Waals surface area contributed by atoms with Crippen LogP contribution < -0.4 is 5.32 Å². The first-order valence-corrected chi connectivity index (χ1v) is 6.34. The first kappa shape index (κ1) is 15.9. The monoisotopic (exact) mass is 243 g/mol. The van der Waals surface area contributed by atoms with Gasteiger partial charge in [-0.3, -0.25) is 0 Å². The second kappa shape index (κ2) is 8.09. The van der Waals surface area contributed by atoms with Gasteiger partial charge in [0.2, 0.25) is 0 Å². The molecule has 0 aromatic heterocycles. The molecule has 0 aromatic rings. The van der Waals surface area contributed by atoms with Crippen LogP contribution in [0.3, 0.4) is 0 Å². The van der Waals surface area contributed by atoms with Crippen LogP contribution in [-0.2, 0) is 9.53 Å². The van der Waals surface area contributed by atoms with Crippen LogP contribution in [0.15, 0.2) is 0 Å². The molecule has 1 N–H and O–H groups in total. The van der Waals surface area contributed by atoms with E-state index in [1.807, 2.05) is 0 Å². The van der Waals surface area contributed by atoms with E-state index >= 15 is 0 Å². The second-order valence-electron chi connectivity index (χ2n) is 5.24. The van der Waals surface area contributed by atoms with Crippen LogP contribution in [0.5, 0.6) is 0 Å². The summed E-state index contributed by atoms with van der Waals surface area (Å²) in [5.41, 5.74) is -0.528. The summed E-state index contributed by atoms with van der Waals surface area (Å²) in [6.45, 7) is 7.52. The van der Waals surface area contributed by atoms with Gasteiger partial charge >= 0.3 is 6.09 Å². The standard InChI is InChI=1S/C13H25NO3/c1-5-6-7-8-9-11(10-15)14-12(16)17-13(2,3)4/h10-11H,5-9H2,1-4H3,(H,14,16). The summed E-state index contributed by atoms with van der Waals surface area (Å²) in [5, 5.41) is 2.57. The molecule has 0 aliphatic carbocycles. The van der Waals surface area contributed by atoms with Crippen molar-refractivity contribution in [2.24, 2.45) is 0 Å². The summed E-state index contributed by atoms with van der Waals surface area (Å²) in [6.07, 6.45) is 5.30. The van der Waals surface area contributed by atoms with E-state index < -0.39 is 17.7 Å². The van der Waals surface area contributed by atoms with Gasteiger partial charge in [-0.15, -0.1) is 0 Å². The van der Waals surface area contributed by atoms with E-state index in [-0.39, 0.29) is 0 Å². The Morgan fingerprint density at radius 1 is 1.29 bits per heavy atom. The average molecular weight is 243 g/mol. The number of nitrogens with one attached hydrogen (secondary N) is 1. The molecule has 0 fully saturated rings. The maximum absolute atomic E-state index is 11.4. The number of hydrogen-bond donors (Lipinski definition) is 1. The molecule has 0 aliphatic rings. The first-order chi connectivity index (χ1) is 7.89. The SMILES string of the molecule is CCCCCCC(C=O)NC(=O)OC(C)(C)C. The third-order valence-electron chi connectivity index (χ3n) is 2.24. The molecule has 1 atom stereocenters. The second-order valence-corrected chi connectivity index (χ2v) is 5.24. The molecule has 17 heavy (non-hydrogen) atoms. The van der Waals surface area contributed by atoms with Crippen LogP contribution in [0.2, 0.25) is 0 Å². The predicted molar refractivity (Wildman–Crippen MR) is 68.0 cm³/mol. The van der Waals surface area contributed by atoms with Gasteiger partial charge in [-0.05, 0) is 27.2 Å². The Morgan fingerprint density at radius 2 is 1.94 bits per heavy atom. The fraction of sp³-hybridized carbons (Fsp3) is 0.846. The third kappa shape index (κ3) is 9.85. The van der Waals surface area contributed by atoms with Gasteiger partial charge in [-0.1, -0.05) is 32.6 Å². The number of carbonyl (C=O) groups excluding carboxylic acids is 2.